The molecule has 3 atom stereocenters. The van der Waals surface area contributed by atoms with Crippen molar-refractivity contribution in [3.8, 4) is 0 Å². The van der Waals surface area contributed by atoms with Crippen molar-refractivity contribution < 1.29 is 13.9 Å². The summed E-state index contributed by atoms with van der Waals surface area (Å²) in [6.07, 6.45) is 5.68. The molecule has 1 amide bonds. The van der Waals surface area contributed by atoms with Gasteiger partial charge >= 0.3 is 0 Å². The zero-order chi connectivity index (χ0) is 16.9. The Bertz CT molecular complexity index is 575. The monoisotopic (exact) mass is 335 g/mol. The molecule has 1 aliphatic heterocycles. The fraction of sp³-hybridized carbons (Fsp3) is 0.611. The number of carbonyl (C=O) groups is 1. The molecule has 1 aliphatic carbocycles. The van der Waals surface area contributed by atoms with Crippen LogP contribution in [0.2, 0.25) is 0 Å². The van der Waals surface area contributed by atoms with Crippen LogP contribution in [0, 0.1) is 11.7 Å². The second-order valence-electron chi connectivity index (χ2n) is 6.82. The van der Waals surface area contributed by atoms with Crippen molar-refractivity contribution in [1.29, 1.82) is 0 Å². The van der Waals surface area contributed by atoms with E-state index in [1.54, 1.807) is 12.1 Å². The third-order valence-corrected chi connectivity index (χ3v) is 4.96. The first-order chi connectivity index (χ1) is 11.6. The lowest BCUT2D eigenvalue weighted by molar-refractivity contribution is -0.117. The van der Waals surface area contributed by atoms with Gasteiger partial charge in [-0.05, 0) is 49.8 Å². The number of carbonyl (C=O) groups excluding carboxylic acids is 1. The molecule has 1 aromatic rings. The van der Waals surface area contributed by atoms with Gasteiger partial charge in [0.1, 0.15) is 5.82 Å². The van der Waals surface area contributed by atoms with E-state index in [1.165, 1.54) is 6.07 Å². The summed E-state index contributed by atoms with van der Waals surface area (Å²) in [6, 6.07) is 4.83. The van der Waals surface area contributed by atoms with Crippen molar-refractivity contribution in [2.24, 2.45) is 11.7 Å². The minimum Gasteiger partial charge on any atom is -0.380 e. The maximum atomic E-state index is 14.2. The van der Waals surface area contributed by atoms with Crippen LogP contribution in [0.25, 0.3) is 0 Å². The predicted octanol–water partition coefficient (Wildman–Crippen LogP) is 2.87. The lowest BCUT2D eigenvalue weighted by atomic mass is 10.00. The average Bonchev–Trinajstić information content (AvgIpc) is 3.19. The summed E-state index contributed by atoms with van der Waals surface area (Å²) < 4.78 is 19.7. The van der Waals surface area contributed by atoms with Gasteiger partial charge in [-0.1, -0.05) is 6.42 Å². The lowest BCUT2D eigenvalue weighted by Gasteiger charge is -2.16. The van der Waals surface area contributed by atoms with Crippen molar-refractivity contribution in [3.63, 3.8) is 0 Å². The van der Waals surface area contributed by atoms with Crippen LogP contribution in [0.4, 0.5) is 15.8 Å². The largest absolute Gasteiger partial charge is 0.380 e. The number of anilines is 2. The first-order valence-electron chi connectivity index (χ1n) is 8.82. The van der Waals surface area contributed by atoms with Crippen molar-refractivity contribution in [2.75, 3.05) is 23.8 Å². The molecule has 1 aromatic carbocycles. The highest BCUT2D eigenvalue weighted by atomic mass is 19.1. The molecule has 4 N–H and O–H groups in total. The fourth-order valence-corrected chi connectivity index (χ4v) is 3.53. The zero-order valence-electron chi connectivity index (χ0n) is 13.9. The van der Waals surface area contributed by atoms with E-state index in [1.807, 2.05) is 0 Å². The van der Waals surface area contributed by atoms with Crippen LogP contribution in [0.15, 0.2) is 18.2 Å². The molecule has 0 aromatic heterocycles. The molecule has 2 fully saturated rings. The quantitative estimate of drug-likeness (QED) is 0.747. The Hall–Kier alpha value is -1.66. The van der Waals surface area contributed by atoms with Gasteiger partial charge in [0.05, 0.1) is 11.8 Å². The van der Waals surface area contributed by atoms with Gasteiger partial charge < -0.3 is 21.1 Å². The van der Waals surface area contributed by atoms with E-state index in [0.717, 1.165) is 38.7 Å². The van der Waals surface area contributed by atoms with Crippen LogP contribution in [0.1, 0.15) is 38.5 Å². The number of halogens is 1. The maximum Gasteiger partial charge on any atom is 0.224 e. The first-order valence-corrected chi connectivity index (χ1v) is 8.82. The second kappa shape index (κ2) is 7.94. The van der Waals surface area contributed by atoms with E-state index in [2.05, 4.69) is 10.6 Å². The van der Waals surface area contributed by atoms with Crippen LogP contribution >= 0.6 is 0 Å². The Kier molecular flexibility index (Phi) is 5.68. The topological polar surface area (TPSA) is 76.4 Å². The SMILES string of the molecule is N[C@@H]1CCC[C@H]1CC(=O)Nc1ccc(NCC2CCCO2)c(F)c1. The smallest absolute Gasteiger partial charge is 0.224 e. The van der Waals surface area contributed by atoms with Gasteiger partial charge in [0.15, 0.2) is 0 Å². The number of rotatable bonds is 6. The van der Waals surface area contributed by atoms with Gasteiger partial charge in [0.2, 0.25) is 5.91 Å². The van der Waals surface area contributed by atoms with E-state index in [-0.39, 0.29) is 29.8 Å². The Morgan fingerprint density at radius 2 is 2.17 bits per heavy atom. The molecule has 1 unspecified atom stereocenters. The van der Waals surface area contributed by atoms with Crippen LogP contribution in [-0.4, -0.2) is 31.2 Å². The molecule has 1 heterocycles. The first kappa shape index (κ1) is 17.2. The van der Waals surface area contributed by atoms with E-state index >= 15 is 0 Å². The maximum absolute atomic E-state index is 14.2. The van der Waals surface area contributed by atoms with Crippen LogP contribution in [0.5, 0.6) is 0 Å². The Balaban J connectivity index is 1.50. The molecular formula is C18H26FN3O2. The Morgan fingerprint density at radius 3 is 2.83 bits per heavy atom. The van der Waals surface area contributed by atoms with E-state index in [0.29, 0.717) is 24.3 Å². The van der Waals surface area contributed by atoms with Gasteiger partial charge in [-0.25, -0.2) is 4.39 Å². The Labute approximate surface area is 142 Å². The van der Waals surface area contributed by atoms with Crippen molar-refractivity contribution >= 4 is 17.3 Å². The highest BCUT2D eigenvalue weighted by molar-refractivity contribution is 5.91. The summed E-state index contributed by atoms with van der Waals surface area (Å²) in [5, 5.41) is 5.84. The molecule has 24 heavy (non-hydrogen) atoms. The summed E-state index contributed by atoms with van der Waals surface area (Å²) in [7, 11) is 0. The number of ether oxygens (including phenoxy) is 1. The van der Waals surface area contributed by atoms with Crippen molar-refractivity contribution in [2.45, 2.75) is 50.7 Å². The third-order valence-electron chi connectivity index (χ3n) is 4.96. The number of benzene rings is 1. The van der Waals surface area contributed by atoms with E-state index < -0.39 is 0 Å². The lowest BCUT2D eigenvalue weighted by Crippen LogP contribution is -2.28. The molecule has 0 radical (unpaired) electrons. The molecule has 132 valence electrons. The van der Waals surface area contributed by atoms with Crippen molar-refractivity contribution in [1.82, 2.24) is 0 Å². The summed E-state index contributed by atoms with van der Waals surface area (Å²) in [4.78, 5) is 12.1. The summed E-state index contributed by atoms with van der Waals surface area (Å²) in [5.41, 5.74) is 6.90. The molecule has 2 aliphatic rings. The van der Waals surface area contributed by atoms with Crippen LogP contribution < -0.4 is 16.4 Å². The van der Waals surface area contributed by atoms with Gasteiger partial charge in [0.25, 0.3) is 0 Å². The zero-order valence-corrected chi connectivity index (χ0v) is 13.9. The van der Waals surface area contributed by atoms with Crippen LogP contribution in [0.3, 0.4) is 0 Å². The number of amides is 1. The molecule has 1 saturated carbocycles. The van der Waals surface area contributed by atoms with Gasteiger partial charge in [-0.15, -0.1) is 0 Å². The minimum atomic E-state index is -0.372. The summed E-state index contributed by atoms with van der Waals surface area (Å²) in [6.45, 7) is 1.38. The standard InChI is InChI=1S/C18H26FN3O2/c19-15-10-13(22-18(23)9-12-3-1-5-16(12)20)6-7-17(15)21-11-14-4-2-8-24-14/h6-7,10,12,14,16,21H,1-5,8-9,11,20H2,(H,22,23)/t12-,14?,16+/m0/s1. The highest BCUT2D eigenvalue weighted by Crippen LogP contribution is 2.27. The Morgan fingerprint density at radius 1 is 1.29 bits per heavy atom. The summed E-state index contributed by atoms with van der Waals surface area (Å²) >= 11 is 0. The normalized spacial score (nSPS) is 26.5. The molecule has 3 rings (SSSR count). The molecular weight excluding hydrogens is 309 g/mol. The highest BCUT2D eigenvalue weighted by Gasteiger charge is 2.26. The fourth-order valence-electron chi connectivity index (χ4n) is 3.53. The molecule has 6 heteroatoms. The second-order valence-corrected chi connectivity index (χ2v) is 6.82. The molecule has 5 nitrogen and oxygen atoms in total. The van der Waals surface area contributed by atoms with Gasteiger partial charge in [-0.3, -0.25) is 4.79 Å². The van der Waals surface area contributed by atoms with Crippen molar-refractivity contribution in [3.05, 3.63) is 24.0 Å². The number of hydrogen-bond donors (Lipinski definition) is 3. The number of nitrogens with two attached hydrogens (primary N) is 1. The number of nitrogens with one attached hydrogen (secondary N) is 2. The molecule has 0 spiro atoms. The number of hydrogen-bond acceptors (Lipinski definition) is 4. The minimum absolute atomic E-state index is 0.100. The van der Waals surface area contributed by atoms with E-state index in [9.17, 15) is 9.18 Å². The van der Waals surface area contributed by atoms with E-state index in [4.69, 9.17) is 10.5 Å². The predicted molar refractivity (Wildman–Crippen MR) is 92.4 cm³/mol. The molecule has 1 saturated heterocycles. The average molecular weight is 335 g/mol. The van der Waals surface area contributed by atoms with Crippen LogP contribution in [-0.2, 0) is 9.53 Å². The third kappa shape index (κ3) is 4.45. The molecule has 0 bridgehead atoms. The van der Waals surface area contributed by atoms with Gasteiger partial charge in [0, 0.05) is 31.3 Å². The summed E-state index contributed by atoms with van der Waals surface area (Å²) in [5.74, 6) is -0.234. The van der Waals surface area contributed by atoms with Gasteiger partial charge in [-0.2, -0.15) is 0 Å².